The van der Waals surface area contributed by atoms with E-state index in [1.54, 1.807) is 17.9 Å². The zero-order chi connectivity index (χ0) is 30.4. The molecule has 1 saturated carbocycles. The van der Waals surface area contributed by atoms with Crippen LogP contribution in [-0.4, -0.2) is 106 Å². The summed E-state index contributed by atoms with van der Waals surface area (Å²) in [5.74, 6) is -0.176. The van der Waals surface area contributed by atoms with Crippen LogP contribution in [0.4, 0.5) is 5.69 Å². The second kappa shape index (κ2) is 11.5. The quantitative estimate of drug-likeness (QED) is 0.393. The number of anilines is 1. The van der Waals surface area contributed by atoms with Gasteiger partial charge in [-0.05, 0) is 43.9 Å². The molecule has 2 aromatic heterocycles. The van der Waals surface area contributed by atoms with Crippen LogP contribution in [0.15, 0.2) is 36.4 Å². The van der Waals surface area contributed by atoms with Gasteiger partial charge in [0.05, 0.1) is 45.8 Å². The Bertz CT molecular complexity index is 1720. The predicted molar refractivity (Wildman–Crippen MR) is 164 cm³/mol. The molecule has 1 amide bonds. The molecule has 2 aliphatic heterocycles. The first-order valence-electron chi connectivity index (χ1n) is 14.7. The number of carbonyl (C=O) groups excluding carboxylic acids is 1. The minimum Gasteiger partial charge on any atom is -0.377 e. The van der Waals surface area contributed by atoms with Crippen LogP contribution < -0.4 is 9.62 Å². The van der Waals surface area contributed by atoms with Crippen molar-refractivity contribution in [1.29, 1.82) is 0 Å². The van der Waals surface area contributed by atoms with Gasteiger partial charge in [-0.15, -0.1) is 0 Å². The second-order valence-corrected chi connectivity index (χ2v) is 16.0. The highest BCUT2D eigenvalue weighted by Gasteiger charge is 2.39. The lowest BCUT2D eigenvalue weighted by Gasteiger charge is -2.45. The van der Waals surface area contributed by atoms with Crippen molar-refractivity contribution in [3.8, 4) is 5.69 Å². The molecule has 0 spiro atoms. The summed E-state index contributed by atoms with van der Waals surface area (Å²) in [5.41, 5.74) is 2.65. The molecular weight excluding hydrogens is 592 g/mol. The van der Waals surface area contributed by atoms with E-state index in [2.05, 4.69) is 14.5 Å². The lowest BCUT2D eigenvalue weighted by Crippen LogP contribution is -2.54. The van der Waals surface area contributed by atoms with Gasteiger partial charge < -0.3 is 9.64 Å². The Labute approximate surface area is 252 Å². The van der Waals surface area contributed by atoms with Crippen molar-refractivity contribution < 1.29 is 26.4 Å². The van der Waals surface area contributed by atoms with E-state index >= 15 is 0 Å². The molecule has 1 aliphatic carbocycles. The molecule has 0 unspecified atom stereocenters. The van der Waals surface area contributed by atoms with Gasteiger partial charge in [0.1, 0.15) is 5.69 Å². The summed E-state index contributed by atoms with van der Waals surface area (Å²) in [6, 6.07) is 11.3. The summed E-state index contributed by atoms with van der Waals surface area (Å²) in [6.45, 7) is 2.92. The van der Waals surface area contributed by atoms with Crippen molar-refractivity contribution in [2.45, 2.75) is 43.6 Å². The number of sulfonamides is 1. The fraction of sp³-hybridized carbons (Fsp3) is 0.552. The van der Waals surface area contributed by atoms with Crippen LogP contribution >= 0.6 is 0 Å². The summed E-state index contributed by atoms with van der Waals surface area (Å²) in [7, 11) is -5.06. The van der Waals surface area contributed by atoms with Crippen molar-refractivity contribution in [2.75, 3.05) is 62.5 Å². The summed E-state index contributed by atoms with van der Waals surface area (Å²) in [5, 5.41) is 5.93. The number of aromatic nitrogens is 3. The van der Waals surface area contributed by atoms with Crippen LogP contribution in [0.3, 0.4) is 0 Å². The number of pyridine rings is 1. The monoisotopic (exact) mass is 630 g/mol. The number of ether oxygens (including phenoxy) is 1. The highest BCUT2D eigenvalue weighted by Crippen LogP contribution is 2.43. The first-order valence-corrected chi connectivity index (χ1v) is 18.4. The number of para-hydroxylation sites is 1. The van der Waals surface area contributed by atoms with Gasteiger partial charge in [-0.3, -0.25) is 9.69 Å². The number of rotatable bonds is 8. The number of nitrogens with zero attached hydrogens (tertiary/aromatic N) is 5. The van der Waals surface area contributed by atoms with Crippen LogP contribution in [0.25, 0.3) is 16.7 Å². The van der Waals surface area contributed by atoms with E-state index in [-0.39, 0.29) is 23.1 Å². The molecule has 2 saturated heterocycles. The zero-order valence-electron chi connectivity index (χ0n) is 24.5. The van der Waals surface area contributed by atoms with Crippen LogP contribution in [0.2, 0.25) is 0 Å². The first kappa shape index (κ1) is 30.0. The number of methoxy groups -OCH3 is 1. The van der Waals surface area contributed by atoms with Gasteiger partial charge in [0.25, 0.3) is 5.91 Å². The number of hydrogen-bond acceptors (Lipinski definition) is 10. The van der Waals surface area contributed by atoms with E-state index in [9.17, 15) is 21.6 Å². The van der Waals surface area contributed by atoms with Crippen LogP contribution in [-0.2, 0) is 24.6 Å². The molecule has 6 rings (SSSR count). The number of hydrogen-bond donors (Lipinski definition) is 1. The fourth-order valence-corrected chi connectivity index (χ4v) is 8.04. The molecule has 43 heavy (non-hydrogen) atoms. The van der Waals surface area contributed by atoms with Crippen molar-refractivity contribution in [1.82, 2.24) is 24.4 Å². The molecule has 0 radical (unpaired) electrons. The maximum Gasteiger partial charge on any atom is 0.283 e. The smallest absolute Gasteiger partial charge is 0.283 e. The maximum absolute atomic E-state index is 13.1. The molecule has 1 aromatic carbocycles. The standard InChI is InChI=1S/C29H38N6O6S2/c1-41-29(20-33-15-17-43(39,40)18-16-33)11-13-34(14-12-29)24-19-23(28(36)32-42(2,37)38)30-27-25(24)26(21-7-6-8-21)31-35(27)22-9-4-3-5-10-22/h3-5,9-10,19,21H,6-8,11-18,20H2,1-2H3,(H,32,36). The predicted octanol–water partition coefficient (Wildman–Crippen LogP) is 2.09. The summed E-state index contributed by atoms with van der Waals surface area (Å²) >= 11 is 0. The third-order valence-electron chi connectivity index (χ3n) is 9.04. The highest BCUT2D eigenvalue weighted by molar-refractivity contribution is 7.91. The molecule has 3 fully saturated rings. The minimum absolute atomic E-state index is 0.00303. The lowest BCUT2D eigenvalue weighted by molar-refractivity contribution is -0.0520. The number of amides is 1. The number of piperidine rings is 1. The van der Waals surface area contributed by atoms with E-state index in [0.717, 1.165) is 48.0 Å². The van der Waals surface area contributed by atoms with Gasteiger partial charge in [-0.25, -0.2) is 31.2 Å². The molecule has 12 nitrogen and oxygen atoms in total. The van der Waals surface area contributed by atoms with Gasteiger partial charge in [-0.1, -0.05) is 24.6 Å². The van der Waals surface area contributed by atoms with Gasteiger partial charge in [0.2, 0.25) is 10.0 Å². The van der Waals surface area contributed by atoms with Gasteiger partial charge in [-0.2, -0.15) is 5.10 Å². The maximum atomic E-state index is 13.1. The van der Waals surface area contributed by atoms with Gasteiger partial charge in [0, 0.05) is 45.8 Å². The summed E-state index contributed by atoms with van der Waals surface area (Å²) < 4.78 is 57.7. The molecular formula is C29H38N6O6S2. The number of nitrogens with one attached hydrogen (secondary N) is 1. The average Bonchev–Trinajstić information content (AvgIpc) is 3.32. The van der Waals surface area contributed by atoms with Crippen LogP contribution in [0.5, 0.6) is 0 Å². The molecule has 1 N–H and O–H groups in total. The van der Waals surface area contributed by atoms with Crippen LogP contribution in [0, 0.1) is 0 Å². The van der Waals surface area contributed by atoms with E-state index in [0.29, 0.717) is 51.2 Å². The van der Waals surface area contributed by atoms with Crippen molar-refractivity contribution in [3.63, 3.8) is 0 Å². The second-order valence-electron chi connectivity index (χ2n) is 12.0. The highest BCUT2D eigenvalue weighted by atomic mass is 32.2. The van der Waals surface area contributed by atoms with E-state index < -0.39 is 31.4 Å². The van der Waals surface area contributed by atoms with Gasteiger partial charge >= 0.3 is 0 Å². The summed E-state index contributed by atoms with van der Waals surface area (Å²) in [6.07, 6.45) is 5.52. The largest absolute Gasteiger partial charge is 0.377 e. The molecule has 232 valence electrons. The van der Waals surface area contributed by atoms with E-state index in [1.807, 2.05) is 30.3 Å². The summed E-state index contributed by atoms with van der Waals surface area (Å²) in [4.78, 5) is 22.2. The minimum atomic E-state index is -3.80. The Balaban J connectivity index is 1.38. The number of benzene rings is 1. The Morgan fingerprint density at radius 2 is 1.77 bits per heavy atom. The number of fused-ring (bicyclic) bond motifs is 1. The Morgan fingerprint density at radius 1 is 1.09 bits per heavy atom. The van der Waals surface area contributed by atoms with Crippen molar-refractivity contribution >= 4 is 42.5 Å². The Hall–Kier alpha value is -3.07. The molecule has 14 heteroatoms. The number of sulfone groups is 1. The molecule has 3 aliphatic rings. The van der Waals surface area contributed by atoms with Crippen molar-refractivity contribution in [2.24, 2.45) is 0 Å². The van der Waals surface area contributed by atoms with Crippen molar-refractivity contribution in [3.05, 3.63) is 47.8 Å². The normalized spacial score (nSPS) is 21.0. The molecule has 4 heterocycles. The topological polar surface area (TPSA) is 144 Å². The molecule has 3 aromatic rings. The fourth-order valence-electron chi connectivity index (χ4n) is 6.32. The first-order chi connectivity index (χ1) is 20.5. The average molecular weight is 631 g/mol. The number of carbonyl (C=O) groups is 1. The Kier molecular flexibility index (Phi) is 7.98. The zero-order valence-corrected chi connectivity index (χ0v) is 26.2. The third-order valence-corrected chi connectivity index (χ3v) is 11.2. The molecule has 0 bridgehead atoms. The van der Waals surface area contributed by atoms with Crippen LogP contribution in [0.1, 0.15) is 54.2 Å². The molecule has 0 atom stereocenters. The Morgan fingerprint density at radius 3 is 2.35 bits per heavy atom. The van der Waals surface area contributed by atoms with E-state index in [4.69, 9.17) is 14.8 Å². The van der Waals surface area contributed by atoms with Gasteiger partial charge in [0.15, 0.2) is 15.5 Å². The SMILES string of the molecule is COC1(CN2CCS(=O)(=O)CC2)CCN(c2cc(C(=O)NS(C)(=O)=O)nc3c2c(C2CCC2)nn3-c2ccccc2)CC1. The third kappa shape index (κ3) is 6.28. The lowest BCUT2D eigenvalue weighted by atomic mass is 9.81. The van der Waals surface area contributed by atoms with E-state index in [1.165, 1.54) is 0 Å².